The second kappa shape index (κ2) is 7.26. The van der Waals surface area contributed by atoms with Gasteiger partial charge in [-0.1, -0.05) is 29.3 Å². The number of ketones is 2. The van der Waals surface area contributed by atoms with E-state index in [1.807, 2.05) is 0 Å². The van der Waals surface area contributed by atoms with Crippen LogP contribution in [0.25, 0.3) is 0 Å². The number of rotatable bonds is 6. The molecule has 0 amide bonds. The van der Waals surface area contributed by atoms with Crippen LogP contribution in [0.5, 0.6) is 0 Å². The standard InChI is InChI=1S/C13H12Cl2O4/c1-2-19-12(18)7-8(16)6-11(17)13-9(14)4-3-5-10(13)15/h3-5H,2,6-7H2,1H3. The van der Waals surface area contributed by atoms with E-state index in [0.717, 1.165) is 0 Å². The van der Waals surface area contributed by atoms with Gasteiger partial charge in [0.1, 0.15) is 6.42 Å². The molecule has 0 saturated heterocycles. The number of hydrogen-bond acceptors (Lipinski definition) is 4. The van der Waals surface area contributed by atoms with Crippen LogP contribution in [0.1, 0.15) is 30.1 Å². The van der Waals surface area contributed by atoms with Gasteiger partial charge in [0.15, 0.2) is 11.6 Å². The first kappa shape index (κ1) is 15.7. The highest BCUT2D eigenvalue weighted by atomic mass is 35.5. The number of ether oxygens (including phenoxy) is 1. The van der Waals surface area contributed by atoms with E-state index >= 15 is 0 Å². The van der Waals surface area contributed by atoms with Crippen LogP contribution in [0.2, 0.25) is 10.0 Å². The second-order valence-electron chi connectivity index (χ2n) is 3.72. The summed E-state index contributed by atoms with van der Waals surface area (Å²) in [5, 5.41) is 0.364. The van der Waals surface area contributed by atoms with Crippen LogP contribution >= 0.6 is 23.2 Å². The molecular formula is C13H12Cl2O4. The van der Waals surface area contributed by atoms with Crippen LogP contribution in [0.3, 0.4) is 0 Å². The Morgan fingerprint density at radius 3 is 2.21 bits per heavy atom. The summed E-state index contributed by atoms with van der Waals surface area (Å²) in [5.74, 6) is -1.69. The topological polar surface area (TPSA) is 60.4 Å². The molecule has 0 atom stereocenters. The van der Waals surface area contributed by atoms with E-state index in [1.54, 1.807) is 13.0 Å². The molecule has 19 heavy (non-hydrogen) atoms. The number of hydrogen-bond donors (Lipinski definition) is 0. The Labute approximate surface area is 120 Å². The molecule has 4 nitrogen and oxygen atoms in total. The molecule has 1 rings (SSSR count). The number of benzene rings is 1. The molecule has 0 N–H and O–H groups in total. The van der Waals surface area contributed by atoms with Crippen LogP contribution in [-0.4, -0.2) is 24.1 Å². The third-order valence-electron chi connectivity index (χ3n) is 2.25. The lowest BCUT2D eigenvalue weighted by atomic mass is 10.0. The minimum absolute atomic E-state index is 0.100. The molecule has 0 radical (unpaired) electrons. The molecule has 0 aliphatic rings. The van der Waals surface area contributed by atoms with E-state index in [0.29, 0.717) is 0 Å². The van der Waals surface area contributed by atoms with Crippen LogP contribution in [0.4, 0.5) is 0 Å². The highest BCUT2D eigenvalue weighted by molar-refractivity contribution is 6.40. The molecule has 1 aromatic carbocycles. The molecule has 0 saturated carbocycles. The molecular weight excluding hydrogens is 291 g/mol. The minimum atomic E-state index is -0.648. The zero-order valence-corrected chi connectivity index (χ0v) is 11.8. The predicted octanol–water partition coefficient (Wildman–Crippen LogP) is 3.09. The van der Waals surface area contributed by atoms with Crippen molar-refractivity contribution in [1.29, 1.82) is 0 Å². The van der Waals surface area contributed by atoms with Gasteiger partial charge in [-0.2, -0.15) is 0 Å². The lowest BCUT2D eigenvalue weighted by Crippen LogP contribution is -2.15. The van der Waals surface area contributed by atoms with Crippen molar-refractivity contribution < 1.29 is 19.1 Å². The molecule has 0 spiro atoms. The van der Waals surface area contributed by atoms with Gasteiger partial charge in [-0.05, 0) is 19.1 Å². The summed E-state index contributed by atoms with van der Waals surface area (Å²) in [6, 6.07) is 4.62. The summed E-state index contributed by atoms with van der Waals surface area (Å²) in [5.41, 5.74) is 0.100. The van der Waals surface area contributed by atoms with Crippen molar-refractivity contribution in [2.75, 3.05) is 6.61 Å². The molecule has 0 aliphatic heterocycles. The molecule has 0 aliphatic carbocycles. The summed E-state index contributed by atoms with van der Waals surface area (Å²) in [6.07, 6.45) is -0.857. The first-order chi connectivity index (χ1) is 8.95. The van der Waals surface area contributed by atoms with E-state index in [1.165, 1.54) is 12.1 Å². The highest BCUT2D eigenvalue weighted by Crippen LogP contribution is 2.25. The fraction of sp³-hybridized carbons (Fsp3) is 0.308. The van der Waals surface area contributed by atoms with Crippen LogP contribution in [-0.2, 0) is 14.3 Å². The van der Waals surface area contributed by atoms with Gasteiger partial charge in [0, 0.05) is 0 Å². The van der Waals surface area contributed by atoms with E-state index < -0.39 is 30.4 Å². The van der Waals surface area contributed by atoms with E-state index in [2.05, 4.69) is 4.74 Å². The van der Waals surface area contributed by atoms with Crippen molar-refractivity contribution in [3.63, 3.8) is 0 Å². The summed E-state index contributed by atoms with van der Waals surface area (Å²) >= 11 is 11.7. The van der Waals surface area contributed by atoms with Crippen LogP contribution in [0.15, 0.2) is 18.2 Å². The minimum Gasteiger partial charge on any atom is -0.466 e. The van der Waals surface area contributed by atoms with Gasteiger partial charge in [0.2, 0.25) is 0 Å². The third kappa shape index (κ3) is 4.65. The Balaban J connectivity index is 2.70. The number of halogens is 2. The summed E-state index contributed by atoms with van der Waals surface area (Å²) in [4.78, 5) is 34.5. The van der Waals surface area contributed by atoms with Gasteiger partial charge < -0.3 is 4.74 Å². The first-order valence-electron chi connectivity index (χ1n) is 5.60. The van der Waals surface area contributed by atoms with Crippen molar-refractivity contribution in [2.45, 2.75) is 19.8 Å². The number of Topliss-reactive ketones (excluding diaryl/α,β-unsaturated/α-hetero) is 2. The largest absolute Gasteiger partial charge is 0.466 e. The lowest BCUT2D eigenvalue weighted by Gasteiger charge is -2.05. The maximum absolute atomic E-state index is 11.9. The quantitative estimate of drug-likeness (QED) is 0.460. The van der Waals surface area contributed by atoms with Crippen molar-refractivity contribution in [1.82, 2.24) is 0 Å². The van der Waals surface area contributed by atoms with Gasteiger partial charge in [0.05, 0.1) is 28.6 Å². The van der Waals surface area contributed by atoms with E-state index in [4.69, 9.17) is 23.2 Å². The average molecular weight is 303 g/mol. The van der Waals surface area contributed by atoms with Gasteiger partial charge >= 0.3 is 5.97 Å². The lowest BCUT2D eigenvalue weighted by molar-refractivity contribution is -0.145. The van der Waals surface area contributed by atoms with E-state index in [-0.39, 0.29) is 22.2 Å². The van der Waals surface area contributed by atoms with Crippen molar-refractivity contribution in [2.24, 2.45) is 0 Å². The smallest absolute Gasteiger partial charge is 0.313 e. The summed E-state index contributed by atoms with van der Waals surface area (Å²) < 4.78 is 4.62. The molecule has 102 valence electrons. The zero-order valence-electron chi connectivity index (χ0n) is 10.2. The van der Waals surface area contributed by atoms with Gasteiger partial charge in [-0.3, -0.25) is 14.4 Å². The first-order valence-corrected chi connectivity index (χ1v) is 6.35. The Morgan fingerprint density at radius 2 is 1.68 bits per heavy atom. The third-order valence-corrected chi connectivity index (χ3v) is 2.88. The summed E-state index contributed by atoms with van der Waals surface area (Å²) in [6.45, 7) is 1.83. The Morgan fingerprint density at radius 1 is 1.11 bits per heavy atom. The fourth-order valence-electron chi connectivity index (χ4n) is 1.47. The number of esters is 1. The Bertz CT molecular complexity index is 491. The monoisotopic (exact) mass is 302 g/mol. The van der Waals surface area contributed by atoms with Crippen LogP contribution < -0.4 is 0 Å². The van der Waals surface area contributed by atoms with Gasteiger partial charge in [-0.15, -0.1) is 0 Å². The molecule has 0 fully saturated rings. The SMILES string of the molecule is CCOC(=O)CC(=O)CC(=O)c1c(Cl)cccc1Cl. The number of carbonyl (C=O) groups is 3. The average Bonchev–Trinajstić information content (AvgIpc) is 2.28. The predicted molar refractivity (Wildman–Crippen MR) is 71.7 cm³/mol. The molecule has 1 aromatic rings. The normalized spacial score (nSPS) is 10.1. The highest BCUT2D eigenvalue weighted by Gasteiger charge is 2.19. The van der Waals surface area contributed by atoms with Crippen molar-refractivity contribution >= 4 is 40.7 Å². The Hall–Kier alpha value is -1.39. The van der Waals surface area contributed by atoms with E-state index in [9.17, 15) is 14.4 Å². The van der Waals surface area contributed by atoms with Gasteiger partial charge in [0.25, 0.3) is 0 Å². The fourth-order valence-corrected chi connectivity index (χ4v) is 2.08. The molecule has 0 heterocycles. The molecule has 0 unspecified atom stereocenters. The number of carbonyl (C=O) groups excluding carboxylic acids is 3. The van der Waals surface area contributed by atoms with Crippen LogP contribution in [0, 0.1) is 0 Å². The maximum atomic E-state index is 11.9. The molecule has 0 aromatic heterocycles. The molecule has 6 heteroatoms. The van der Waals surface area contributed by atoms with Gasteiger partial charge in [-0.25, -0.2) is 0 Å². The zero-order chi connectivity index (χ0) is 14.4. The van der Waals surface area contributed by atoms with Crippen molar-refractivity contribution in [3.8, 4) is 0 Å². The molecule has 0 bridgehead atoms. The summed E-state index contributed by atoms with van der Waals surface area (Å²) in [7, 11) is 0. The second-order valence-corrected chi connectivity index (χ2v) is 4.53. The van der Waals surface area contributed by atoms with Crippen molar-refractivity contribution in [3.05, 3.63) is 33.8 Å². The Kier molecular flexibility index (Phi) is 5.99. The maximum Gasteiger partial charge on any atom is 0.313 e.